The summed E-state index contributed by atoms with van der Waals surface area (Å²) in [5.41, 5.74) is 0. The normalized spacial score (nSPS) is 12.4. The SMILES string of the molecule is CC/C=C\C/C=C\C/C=C\CCCCCCCC(=O)OC(COC(=O)CCCCCCC/C=C\CCCCC)COC(=O)CCCCCCCCCCCCCCCCCCCC. The lowest BCUT2D eigenvalue weighted by Crippen LogP contribution is -2.30. The van der Waals surface area contributed by atoms with Gasteiger partial charge in [0.15, 0.2) is 6.10 Å². The largest absolute Gasteiger partial charge is 0.462 e. The van der Waals surface area contributed by atoms with Crippen molar-refractivity contribution in [2.75, 3.05) is 13.2 Å². The van der Waals surface area contributed by atoms with Gasteiger partial charge in [0.2, 0.25) is 0 Å². The molecule has 0 aromatic heterocycles. The Morgan fingerprint density at radius 1 is 0.333 bits per heavy atom. The molecule has 0 heterocycles. The van der Waals surface area contributed by atoms with Crippen molar-refractivity contribution in [2.45, 2.75) is 284 Å². The highest BCUT2D eigenvalue weighted by Crippen LogP contribution is 2.16. The molecule has 0 rings (SSSR count). The second-order valence-electron chi connectivity index (χ2n) is 18.1. The van der Waals surface area contributed by atoms with Crippen molar-refractivity contribution in [1.29, 1.82) is 0 Å². The predicted molar refractivity (Wildman–Crippen MR) is 270 cm³/mol. The van der Waals surface area contributed by atoms with Crippen molar-refractivity contribution in [3.05, 3.63) is 48.6 Å². The number of unbranched alkanes of at least 4 members (excludes halogenated alkanes) is 30. The van der Waals surface area contributed by atoms with Crippen LogP contribution in [-0.4, -0.2) is 37.2 Å². The van der Waals surface area contributed by atoms with Crippen LogP contribution in [0.3, 0.4) is 0 Å². The molecule has 1 atom stereocenters. The molecule has 0 bridgehead atoms. The third-order valence-electron chi connectivity index (χ3n) is 11.8. The van der Waals surface area contributed by atoms with Gasteiger partial charge in [-0.3, -0.25) is 14.4 Å². The van der Waals surface area contributed by atoms with E-state index >= 15 is 0 Å². The Labute approximate surface area is 390 Å². The van der Waals surface area contributed by atoms with E-state index in [1.165, 1.54) is 135 Å². The number of esters is 3. The van der Waals surface area contributed by atoms with Gasteiger partial charge in [0.25, 0.3) is 0 Å². The fraction of sp³-hybridized carbons (Fsp3) is 0.807. The van der Waals surface area contributed by atoms with E-state index < -0.39 is 6.10 Å². The van der Waals surface area contributed by atoms with Crippen LogP contribution in [0.5, 0.6) is 0 Å². The van der Waals surface area contributed by atoms with Crippen LogP contribution in [0.2, 0.25) is 0 Å². The second kappa shape index (κ2) is 52.0. The first kappa shape index (κ1) is 60.4. The van der Waals surface area contributed by atoms with Crippen LogP contribution in [0.15, 0.2) is 48.6 Å². The zero-order valence-corrected chi connectivity index (χ0v) is 41.8. The van der Waals surface area contributed by atoms with Crippen molar-refractivity contribution in [3.63, 3.8) is 0 Å². The summed E-state index contributed by atoms with van der Waals surface area (Å²) in [6.07, 6.45) is 62.4. The zero-order valence-electron chi connectivity index (χ0n) is 41.8. The van der Waals surface area contributed by atoms with Gasteiger partial charge in [0.05, 0.1) is 0 Å². The average molecular weight is 883 g/mol. The molecule has 0 radical (unpaired) electrons. The number of carbonyl (C=O) groups is 3. The number of hydrogen-bond acceptors (Lipinski definition) is 6. The maximum atomic E-state index is 12.8. The summed E-state index contributed by atoms with van der Waals surface area (Å²) in [5.74, 6) is -0.896. The maximum Gasteiger partial charge on any atom is 0.306 e. The van der Waals surface area contributed by atoms with Crippen molar-refractivity contribution in [2.24, 2.45) is 0 Å². The molecular weight excluding hydrogens is 781 g/mol. The summed E-state index contributed by atoms with van der Waals surface area (Å²) in [5, 5.41) is 0. The van der Waals surface area contributed by atoms with E-state index in [4.69, 9.17) is 14.2 Å². The monoisotopic (exact) mass is 883 g/mol. The Bertz CT molecular complexity index is 1110. The van der Waals surface area contributed by atoms with Crippen molar-refractivity contribution >= 4 is 17.9 Å². The molecule has 0 aliphatic heterocycles. The molecule has 0 fully saturated rings. The Morgan fingerprint density at radius 2 is 0.619 bits per heavy atom. The minimum atomic E-state index is -0.782. The van der Waals surface area contributed by atoms with Crippen LogP contribution in [0.1, 0.15) is 278 Å². The number of allylic oxidation sites excluding steroid dienone is 8. The van der Waals surface area contributed by atoms with Crippen LogP contribution >= 0.6 is 0 Å². The minimum Gasteiger partial charge on any atom is -0.462 e. The second-order valence-corrected chi connectivity index (χ2v) is 18.1. The first-order chi connectivity index (χ1) is 31.0. The highest BCUT2D eigenvalue weighted by molar-refractivity contribution is 5.71. The number of rotatable bonds is 49. The van der Waals surface area contributed by atoms with Crippen molar-refractivity contribution in [3.8, 4) is 0 Å². The smallest absolute Gasteiger partial charge is 0.306 e. The highest BCUT2D eigenvalue weighted by Gasteiger charge is 2.19. The van der Waals surface area contributed by atoms with Crippen LogP contribution in [-0.2, 0) is 28.6 Å². The van der Waals surface area contributed by atoms with Gasteiger partial charge in [-0.2, -0.15) is 0 Å². The Hall–Kier alpha value is -2.63. The van der Waals surface area contributed by atoms with Gasteiger partial charge in [0.1, 0.15) is 13.2 Å². The molecule has 1 unspecified atom stereocenters. The fourth-order valence-corrected chi connectivity index (χ4v) is 7.75. The lowest BCUT2D eigenvalue weighted by Gasteiger charge is -2.18. The van der Waals surface area contributed by atoms with Crippen LogP contribution < -0.4 is 0 Å². The molecule has 6 heteroatoms. The van der Waals surface area contributed by atoms with Gasteiger partial charge in [-0.1, -0.05) is 230 Å². The van der Waals surface area contributed by atoms with Crippen LogP contribution in [0, 0.1) is 0 Å². The van der Waals surface area contributed by atoms with Gasteiger partial charge < -0.3 is 14.2 Å². The van der Waals surface area contributed by atoms with Gasteiger partial charge in [0, 0.05) is 19.3 Å². The predicted octanol–water partition coefficient (Wildman–Crippen LogP) is 17.9. The summed E-state index contributed by atoms with van der Waals surface area (Å²) in [4.78, 5) is 38.0. The van der Waals surface area contributed by atoms with Gasteiger partial charge in [-0.05, 0) is 77.0 Å². The third-order valence-corrected chi connectivity index (χ3v) is 11.8. The van der Waals surface area contributed by atoms with Crippen LogP contribution in [0.25, 0.3) is 0 Å². The van der Waals surface area contributed by atoms with Gasteiger partial charge in [-0.25, -0.2) is 0 Å². The molecule has 0 saturated heterocycles. The highest BCUT2D eigenvalue weighted by atomic mass is 16.6. The van der Waals surface area contributed by atoms with Crippen molar-refractivity contribution < 1.29 is 28.6 Å². The Morgan fingerprint density at radius 3 is 1.02 bits per heavy atom. The molecule has 0 saturated carbocycles. The van der Waals surface area contributed by atoms with E-state index in [-0.39, 0.29) is 31.1 Å². The fourth-order valence-electron chi connectivity index (χ4n) is 7.75. The Balaban J connectivity index is 4.35. The lowest BCUT2D eigenvalue weighted by molar-refractivity contribution is -0.167. The molecule has 0 N–H and O–H groups in total. The first-order valence-electron chi connectivity index (χ1n) is 27.1. The molecule has 0 aliphatic rings. The van der Waals surface area contributed by atoms with Gasteiger partial charge in [-0.15, -0.1) is 0 Å². The first-order valence-corrected chi connectivity index (χ1v) is 27.1. The number of hydrogen-bond donors (Lipinski definition) is 0. The summed E-state index contributed by atoms with van der Waals surface area (Å²) in [7, 11) is 0. The maximum absolute atomic E-state index is 12.8. The quantitative estimate of drug-likeness (QED) is 0.0262. The van der Waals surface area contributed by atoms with E-state index in [1.54, 1.807) is 0 Å². The van der Waals surface area contributed by atoms with E-state index in [1.807, 2.05) is 0 Å². The third kappa shape index (κ3) is 50.2. The summed E-state index contributed by atoms with van der Waals surface area (Å²) in [6.45, 7) is 6.51. The van der Waals surface area contributed by atoms with E-state index in [0.717, 1.165) is 103 Å². The lowest BCUT2D eigenvalue weighted by atomic mass is 10.0. The molecule has 366 valence electrons. The molecule has 0 spiro atoms. The number of carbonyl (C=O) groups excluding carboxylic acids is 3. The molecule has 0 aliphatic carbocycles. The standard InChI is InChI=1S/C57H102O6/c1-4-7-10-13-16-19-22-25-27-28-29-31-32-35-38-41-44-47-50-56(59)62-53-54(52-61-55(58)49-46-43-40-37-34-24-21-18-15-12-9-6-3)63-57(60)51-48-45-42-39-36-33-30-26-23-20-17-14-11-8-5-2/h8,11,17-18,20-21,26,30,54H,4-7,9-10,12-16,19,22-25,27-29,31-53H2,1-3H3/b11-8-,20-17-,21-18-,30-26-. The van der Waals surface area contributed by atoms with Crippen molar-refractivity contribution in [1.82, 2.24) is 0 Å². The minimum absolute atomic E-state index is 0.0802. The average Bonchev–Trinajstić information content (AvgIpc) is 3.28. The van der Waals surface area contributed by atoms with E-state index in [2.05, 4.69) is 69.4 Å². The van der Waals surface area contributed by atoms with Crippen LogP contribution in [0.4, 0.5) is 0 Å². The zero-order chi connectivity index (χ0) is 45.8. The topological polar surface area (TPSA) is 78.9 Å². The number of ether oxygens (including phenoxy) is 3. The molecule has 6 nitrogen and oxygen atoms in total. The van der Waals surface area contributed by atoms with E-state index in [0.29, 0.717) is 19.3 Å². The van der Waals surface area contributed by atoms with Gasteiger partial charge >= 0.3 is 17.9 Å². The molecule has 0 amide bonds. The Kier molecular flexibility index (Phi) is 49.8. The summed E-state index contributed by atoms with van der Waals surface area (Å²) >= 11 is 0. The summed E-state index contributed by atoms with van der Waals surface area (Å²) < 4.78 is 16.8. The molecule has 63 heavy (non-hydrogen) atoms. The molecular formula is C57H102O6. The van der Waals surface area contributed by atoms with E-state index in [9.17, 15) is 14.4 Å². The molecule has 0 aromatic rings. The molecule has 0 aromatic carbocycles. The summed E-state index contributed by atoms with van der Waals surface area (Å²) in [6, 6.07) is 0.